The third-order valence-corrected chi connectivity index (χ3v) is 7.69. The number of aromatic nitrogens is 2. The van der Waals surface area contributed by atoms with Crippen molar-refractivity contribution < 1.29 is 9.59 Å². The van der Waals surface area contributed by atoms with Gasteiger partial charge >= 0.3 is 0 Å². The number of anilines is 1. The van der Waals surface area contributed by atoms with Gasteiger partial charge in [-0.3, -0.25) is 14.5 Å². The predicted molar refractivity (Wildman–Crippen MR) is 153 cm³/mol. The molecule has 0 saturated carbocycles. The lowest BCUT2D eigenvalue weighted by Gasteiger charge is -2.25. The predicted octanol–water partition coefficient (Wildman–Crippen LogP) is 5.73. The summed E-state index contributed by atoms with van der Waals surface area (Å²) in [5.74, 6) is 1.04. The molecule has 0 unspecified atom stereocenters. The van der Waals surface area contributed by atoms with Crippen LogP contribution in [0.4, 0.5) is 5.82 Å². The van der Waals surface area contributed by atoms with Gasteiger partial charge in [-0.05, 0) is 37.5 Å². The zero-order valence-corrected chi connectivity index (χ0v) is 23.8. The van der Waals surface area contributed by atoms with E-state index in [1.165, 1.54) is 5.56 Å². The molecule has 2 aromatic carbocycles. The Balaban J connectivity index is 1.96. The molecule has 1 aromatic heterocycles. The topological polar surface area (TPSA) is 67.2 Å². The summed E-state index contributed by atoms with van der Waals surface area (Å²) in [7, 11) is 0. The standard InChI is InChI=1S/C30H38N4O2S/c1-19(2)16-31-24(35)17-33-25(36)18-37-27(22-10-8-9-21(4)15-22)26-28(30(5,6)7)32-34(29(26)33)23-13-11-20(3)12-14-23/h8-15,19,27H,16-18H2,1-7H3,(H,31,35)/t27-/m1/s1. The van der Waals surface area contributed by atoms with E-state index >= 15 is 0 Å². The molecule has 37 heavy (non-hydrogen) atoms. The fourth-order valence-electron chi connectivity index (χ4n) is 4.55. The van der Waals surface area contributed by atoms with Crippen molar-refractivity contribution in [1.29, 1.82) is 0 Å². The molecule has 0 bridgehead atoms. The van der Waals surface area contributed by atoms with Crippen LogP contribution in [0.1, 0.15) is 67.8 Å². The van der Waals surface area contributed by atoms with Crippen molar-refractivity contribution in [3.05, 3.63) is 76.5 Å². The minimum Gasteiger partial charge on any atom is -0.354 e. The van der Waals surface area contributed by atoms with Crippen molar-refractivity contribution in [3.63, 3.8) is 0 Å². The number of benzene rings is 2. The normalized spacial score (nSPS) is 16.1. The van der Waals surface area contributed by atoms with Crippen molar-refractivity contribution in [1.82, 2.24) is 15.1 Å². The fourth-order valence-corrected chi connectivity index (χ4v) is 5.74. The average molecular weight is 519 g/mol. The SMILES string of the molecule is Cc1ccc(-n2nc(C(C)(C)C)c3c2N(CC(=O)NCC(C)C)C(=O)CS[C@@H]3c2cccc(C)c2)cc1. The highest BCUT2D eigenvalue weighted by atomic mass is 32.2. The van der Waals surface area contributed by atoms with Gasteiger partial charge in [0.05, 0.1) is 22.4 Å². The average Bonchev–Trinajstić information content (AvgIpc) is 3.16. The van der Waals surface area contributed by atoms with Gasteiger partial charge in [-0.1, -0.05) is 82.1 Å². The number of aryl methyl sites for hydroxylation is 2. The van der Waals surface area contributed by atoms with Gasteiger partial charge in [-0.2, -0.15) is 5.10 Å². The number of amides is 2. The summed E-state index contributed by atoms with van der Waals surface area (Å²) in [6.45, 7) is 15.2. The highest BCUT2D eigenvalue weighted by Crippen LogP contribution is 2.48. The van der Waals surface area contributed by atoms with Gasteiger partial charge < -0.3 is 5.32 Å². The van der Waals surface area contributed by atoms with Gasteiger partial charge in [0.1, 0.15) is 12.4 Å². The molecule has 196 valence electrons. The van der Waals surface area contributed by atoms with Crippen LogP contribution in [0.25, 0.3) is 5.69 Å². The molecule has 0 saturated heterocycles. The maximum atomic E-state index is 13.7. The molecule has 3 aromatic rings. The van der Waals surface area contributed by atoms with Crippen LogP contribution in [0, 0.1) is 19.8 Å². The number of thioether (sulfide) groups is 1. The molecular weight excluding hydrogens is 480 g/mol. The van der Waals surface area contributed by atoms with Crippen LogP contribution in [0.5, 0.6) is 0 Å². The van der Waals surface area contributed by atoms with Crippen LogP contribution in [0.15, 0.2) is 48.5 Å². The molecule has 0 radical (unpaired) electrons. The second-order valence-electron chi connectivity index (χ2n) is 11.4. The minimum atomic E-state index is -0.276. The number of carbonyl (C=O) groups is 2. The lowest BCUT2D eigenvalue weighted by molar-refractivity contribution is -0.123. The molecule has 2 amide bonds. The highest BCUT2D eigenvalue weighted by molar-refractivity contribution is 8.00. The maximum absolute atomic E-state index is 13.7. The Labute approximate surface area is 224 Å². The Hall–Kier alpha value is -3.06. The molecule has 0 aliphatic carbocycles. The van der Waals surface area contributed by atoms with Gasteiger partial charge in [0, 0.05) is 17.5 Å². The second-order valence-corrected chi connectivity index (χ2v) is 12.5. The van der Waals surface area contributed by atoms with Crippen LogP contribution >= 0.6 is 11.8 Å². The van der Waals surface area contributed by atoms with Gasteiger partial charge in [-0.25, -0.2) is 4.68 Å². The fraction of sp³-hybridized carbons (Fsp3) is 0.433. The zero-order valence-electron chi connectivity index (χ0n) is 23.0. The monoisotopic (exact) mass is 518 g/mol. The lowest BCUT2D eigenvalue weighted by atomic mass is 9.87. The van der Waals surface area contributed by atoms with E-state index in [0.717, 1.165) is 28.1 Å². The molecule has 1 N–H and O–H groups in total. The van der Waals surface area contributed by atoms with Gasteiger partial charge in [0.15, 0.2) is 0 Å². The molecule has 4 rings (SSSR count). The molecule has 7 heteroatoms. The van der Waals surface area contributed by atoms with Crippen LogP contribution in [-0.4, -0.2) is 40.4 Å². The smallest absolute Gasteiger partial charge is 0.240 e. The van der Waals surface area contributed by atoms with Crippen molar-refractivity contribution in [3.8, 4) is 5.69 Å². The van der Waals surface area contributed by atoms with E-state index in [0.29, 0.717) is 18.3 Å². The lowest BCUT2D eigenvalue weighted by Crippen LogP contribution is -2.43. The number of carbonyl (C=O) groups excluding carboxylic acids is 2. The summed E-state index contributed by atoms with van der Waals surface area (Å²) < 4.78 is 1.87. The van der Waals surface area contributed by atoms with Crippen LogP contribution in [0.2, 0.25) is 0 Å². The largest absolute Gasteiger partial charge is 0.354 e. The summed E-state index contributed by atoms with van der Waals surface area (Å²) in [5.41, 5.74) is 5.99. The van der Waals surface area contributed by atoms with Gasteiger partial charge in [-0.15, -0.1) is 11.8 Å². The molecular formula is C30H38N4O2S. The van der Waals surface area contributed by atoms with E-state index < -0.39 is 0 Å². The van der Waals surface area contributed by atoms with E-state index in [9.17, 15) is 9.59 Å². The first-order valence-electron chi connectivity index (χ1n) is 12.9. The number of rotatable bonds is 6. The Bertz CT molecular complexity index is 1290. The molecule has 1 aliphatic rings. The van der Waals surface area contributed by atoms with E-state index in [2.05, 4.69) is 71.1 Å². The molecule has 0 fully saturated rings. The Morgan fingerprint density at radius 3 is 2.43 bits per heavy atom. The number of nitrogens with zero attached hydrogens (tertiary/aromatic N) is 3. The van der Waals surface area contributed by atoms with Crippen LogP contribution < -0.4 is 10.2 Å². The van der Waals surface area contributed by atoms with Crippen molar-refractivity contribution in [2.75, 3.05) is 23.7 Å². The molecule has 6 nitrogen and oxygen atoms in total. The summed E-state index contributed by atoms with van der Waals surface area (Å²) in [6, 6.07) is 16.6. The van der Waals surface area contributed by atoms with Crippen molar-refractivity contribution in [2.24, 2.45) is 5.92 Å². The Morgan fingerprint density at radius 2 is 1.81 bits per heavy atom. The third-order valence-electron chi connectivity index (χ3n) is 6.43. The van der Waals surface area contributed by atoms with Crippen molar-refractivity contribution >= 4 is 29.4 Å². The van der Waals surface area contributed by atoms with E-state index in [4.69, 9.17) is 5.10 Å². The van der Waals surface area contributed by atoms with Gasteiger partial charge in [0.2, 0.25) is 11.8 Å². The minimum absolute atomic E-state index is 0.0409. The quantitative estimate of drug-likeness (QED) is 0.453. The summed E-state index contributed by atoms with van der Waals surface area (Å²) in [6.07, 6.45) is 0. The van der Waals surface area contributed by atoms with E-state index in [1.54, 1.807) is 16.7 Å². The number of nitrogens with one attached hydrogen (secondary N) is 1. The number of hydrogen-bond acceptors (Lipinski definition) is 4. The van der Waals surface area contributed by atoms with E-state index in [1.807, 2.05) is 35.9 Å². The third kappa shape index (κ3) is 5.93. The molecule has 0 spiro atoms. The first kappa shape index (κ1) is 27.0. The van der Waals surface area contributed by atoms with Crippen molar-refractivity contribution in [2.45, 2.75) is 59.1 Å². The summed E-state index contributed by atoms with van der Waals surface area (Å²) in [4.78, 5) is 28.4. The van der Waals surface area contributed by atoms with Gasteiger partial charge in [0.25, 0.3) is 0 Å². The highest BCUT2D eigenvalue weighted by Gasteiger charge is 2.39. The number of fused-ring (bicyclic) bond motifs is 1. The summed E-state index contributed by atoms with van der Waals surface area (Å²) in [5, 5.41) is 8.05. The summed E-state index contributed by atoms with van der Waals surface area (Å²) >= 11 is 1.61. The first-order valence-corrected chi connectivity index (χ1v) is 14.0. The van der Waals surface area contributed by atoms with Crippen LogP contribution in [0.3, 0.4) is 0 Å². The van der Waals surface area contributed by atoms with E-state index in [-0.39, 0.29) is 34.8 Å². The molecule has 1 aliphatic heterocycles. The Kier molecular flexibility index (Phi) is 7.83. The number of hydrogen-bond donors (Lipinski definition) is 1. The second kappa shape index (κ2) is 10.7. The molecule has 2 heterocycles. The molecule has 1 atom stereocenters. The van der Waals surface area contributed by atoms with Crippen LogP contribution in [-0.2, 0) is 15.0 Å². The first-order chi connectivity index (χ1) is 17.5. The zero-order chi connectivity index (χ0) is 26.9. The maximum Gasteiger partial charge on any atom is 0.240 e. The Morgan fingerprint density at radius 1 is 1.11 bits per heavy atom.